The quantitative estimate of drug-likeness (QED) is 0.896. The van der Waals surface area contributed by atoms with Crippen LogP contribution in [0, 0.1) is 0 Å². The van der Waals surface area contributed by atoms with Crippen LogP contribution in [0.3, 0.4) is 0 Å². The van der Waals surface area contributed by atoms with Gasteiger partial charge in [-0.1, -0.05) is 24.3 Å². The maximum Gasteiger partial charge on any atom is 0.147 e. The van der Waals surface area contributed by atoms with Crippen LogP contribution in [-0.4, -0.2) is 19.9 Å². The summed E-state index contributed by atoms with van der Waals surface area (Å²) in [6.45, 7) is 0. The summed E-state index contributed by atoms with van der Waals surface area (Å²) in [5, 5.41) is 3.41. The van der Waals surface area contributed by atoms with E-state index in [1.54, 1.807) is 0 Å². The Kier molecular flexibility index (Phi) is 4.38. The van der Waals surface area contributed by atoms with Crippen molar-refractivity contribution in [3.05, 3.63) is 59.7 Å². The third kappa shape index (κ3) is 2.95. The molecule has 0 spiro atoms. The Morgan fingerprint density at radius 2 is 1.71 bits per heavy atom. The van der Waals surface area contributed by atoms with Crippen molar-refractivity contribution in [1.82, 2.24) is 0 Å². The van der Waals surface area contributed by atoms with Gasteiger partial charge in [0.15, 0.2) is 0 Å². The maximum absolute atomic E-state index is 6.05. The number of hydrogen-bond donors (Lipinski definition) is 2. The molecule has 1 atom stereocenters. The molecule has 3 rings (SSSR count). The zero-order valence-corrected chi connectivity index (χ0v) is 12.9. The van der Waals surface area contributed by atoms with E-state index in [0.29, 0.717) is 5.84 Å². The monoisotopic (exact) mass is 302 g/mol. The number of rotatable bonds is 2. The van der Waals surface area contributed by atoms with Crippen molar-refractivity contribution in [1.29, 1.82) is 0 Å². The molecule has 1 heterocycles. The number of anilines is 2. The Morgan fingerprint density at radius 3 is 2.38 bits per heavy atom. The molecule has 0 saturated heterocycles. The van der Waals surface area contributed by atoms with Crippen LogP contribution in [0.4, 0.5) is 11.4 Å². The van der Waals surface area contributed by atoms with Crippen LogP contribution < -0.4 is 16.0 Å². The fourth-order valence-electron chi connectivity index (χ4n) is 2.33. The summed E-state index contributed by atoms with van der Waals surface area (Å²) in [6.07, 6.45) is -0.124. The molecule has 0 radical (unpaired) electrons. The molecule has 0 aliphatic carbocycles. The molecule has 1 aliphatic heterocycles. The lowest BCUT2D eigenvalue weighted by Gasteiger charge is -2.24. The molecule has 0 saturated carbocycles. The zero-order valence-electron chi connectivity index (χ0n) is 12.1. The Balaban J connectivity index is 0.00000161. The predicted octanol–water partition coefficient (Wildman–Crippen LogP) is 3.00. The zero-order chi connectivity index (χ0) is 14.1. The van der Waals surface area contributed by atoms with Crippen LogP contribution in [-0.2, 0) is 0 Å². The van der Waals surface area contributed by atoms with Gasteiger partial charge < -0.3 is 16.0 Å². The van der Waals surface area contributed by atoms with Gasteiger partial charge >= 0.3 is 0 Å². The van der Waals surface area contributed by atoms with Gasteiger partial charge in [0.25, 0.3) is 0 Å². The molecular formula is C16H19ClN4. The van der Waals surface area contributed by atoms with Gasteiger partial charge in [0.05, 0.1) is 0 Å². The molecule has 0 amide bonds. The molecule has 2 aromatic carbocycles. The minimum atomic E-state index is -0.124. The standard InChI is InChI=1S/C16H18N4.ClH/c1-20(2)12-9-7-11(8-10-12)16-18-14-6-4-3-5-13(14)15(17)19-16;/h3-10,16,18H,1-2H3,(H2,17,19);1H. The van der Waals surface area contributed by atoms with Crippen molar-refractivity contribution in [2.45, 2.75) is 6.17 Å². The molecule has 0 fully saturated rings. The summed E-state index contributed by atoms with van der Waals surface area (Å²) in [7, 11) is 4.06. The Labute approximate surface area is 131 Å². The molecule has 0 bridgehead atoms. The van der Waals surface area contributed by atoms with Gasteiger partial charge in [0.1, 0.15) is 12.0 Å². The van der Waals surface area contributed by atoms with Crippen LogP contribution in [0.1, 0.15) is 17.3 Å². The lowest BCUT2D eigenvalue weighted by atomic mass is 10.1. The second-order valence-corrected chi connectivity index (χ2v) is 5.09. The first-order valence-corrected chi connectivity index (χ1v) is 6.61. The molecule has 4 nitrogen and oxygen atoms in total. The number of nitrogens with two attached hydrogens (primary N) is 1. The highest BCUT2D eigenvalue weighted by Crippen LogP contribution is 2.29. The molecule has 5 heteroatoms. The summed E-state index contributed by atoms with van der Waals surface area (Å²) < 4.78 is 0. The highest BCUT2D eigenvalue weighted by Gasteiger charge is 2.19. The van der Waals surface area contributed by atoms with Gasteiger partial charge in [0, 0.05) is 31.0 Å². The largest absolute Gasteiger partial charge is 0.383 e. The smallest absolute Gasteiger partial charge is 0.147 e. The number of hydrogen-bond acceptors (Lipinski definition) is 4. The molecule has 0 aromatic heterocycles. The van der Waals surface area contributed by atoms with E-state index in [4.69, 9.17) is 5.73 Å². The van der Waals surface area contributed by atoms with Crippen molar-refractivity contribution in [2.75, 3.05) is 24.3 Å². The van der Waals surface area contributed by atoms with E-state index in [-0.39, 0.29) is 18.6 Å². The van der Waals surface area contributed by atoms with Gasteiger partial charge in [-0.3, -0.25) is 0 Å². The van der Waals surface area contributed by atoms with E-state index < -0.39 is 0 Å². The third-order valence-electron chi connectivity index (χ3n) is 3.49. The van der Waals surface area contributed by atoms with E-state index in [1.165, 1.54) is 5.69 Å². The maximum atomic E-state index is 6.05. The fraction of sp³-hybridized carbons (Fsp3) is 0.188. The predicted molar refractivity (Wildman–Crippen MR) is 91.5 cm³/mol. The number of halogens is 1. The second kappa shape index (κ2) is 6.06. The Hall–Kier alpha value is -2.20. The average molecular weight is 303 g/mol. The first kappa shape index (κ1) is 15.2. The molecule has 110 valence electrons. The number of nitrogens with one attached hydrogen (secondary N) is 1. The van der Waals surface area contributed by atoms with Crippen LogP contribution in [0.2, 0.25) is 0 Å². The second-order valence-electron chi connectivity index (χ2n) is 5.09. The number of para-hydroxylation sites is 1. The van der Waals surface area contributed by atoms with Crippen LogP contribution in [0.5, 0.6) is 0 Å². The normalized spacial score (nSPS) is 16.1. The van der Waals surface area contributed by atoms with Gasteiger partial charge in [-0.15, -0.1) is 12.4 Å². The lowest BCUT2D eigenvalue weighted by molar-refractivity contribution is 0.825. The minimum absolute atomic E-state index is 0. The first-order valence-electron chi connectivity index (χ1n) is 6.61. The summed E-state index contributed by atoms with van der Waals surface area (Å²) in [5.74, 6) is 0.584. The summed E-state index contributed by atoms with van der Waals surface area (Å²) >= 11 is 0. The van der Waals surface area contributed by atoms with E-state index in [9.17, 15) is 0 Å². The lowest BCUT2D eigenvalue weighted by Crippen LogP contribution is -2.25. The summed E-state index contributed by atoms with van der Waals surface area (Å²) in [4.78, 5) is 6.61. The van der Waals surface area contributed by atoms with Gasteiger partial charge in [-0.05, 0) is 29.8 Å². The van der Waals surface area contributed by atoms with Crippen molar-refractivity contribution in [2.24, 2.45) is 10.7 Å². The van der Waals surface area contributed by atoms with Crippen molar-refractivity contribution >= 4 is 29.6 Å². The van der Waals surface area contributed by atoms with E-state index >= 15 is 0 Å². The first-order chi connectivity index (χ1) is 9.65. The average Bonchev–Trinajstić information content (AvgIpc) is 2.47. The number of benzene rings is 2. The SMILES string of the molecule is CN(C)c1ccc(C2N=C(N)c3ccccc3N2)cc1.Cl. The van der Waals surface area contributed by atoms with Crippen molar-refractivity contribution in [3.63, 3.8) is 0 Å². The van der Waals surface area contributed by atoms with Crippen LogP contribution >= 0.6 is 12.4 Å². The van der Waals surface area contributed by atoms with Gasteiger partial charge in [0.2, 0.25) is 0 Å². The Bertz CT molecular complexity index is 650. The topological polar surface area (TPSA) is 53.6 Å². The van der Waals surface area contributed by atoms with E-state index in [2.05, 4.69) is 39.5 Å². The number of amidine groups is 1. The van der Waals surface area contributed by atoms with Crippen molar-refractivity contribution < 1.29 is 0 Å². The highest BCUT2D eigenvalue weighted by molar-refractivity contribution is 6.03. The van der Waals surface area contributed by atoms with Crippen LogP contribution in [0.15, 0.2) is 53.5 Å². The summed E-state index contributed by atoms with van der Waals surface area (Å²) in [5.41, 5.74) is 10.3. The van der Waals surface area contributed by atoms with Gasteiger partial charge in [-0.2, -0.15) is 0 Å². The van der Waals surface area contributed by atoms with Crippen LogP contribution in [0.25, 0.3) is 0 Å². The third-order valence-corrected chi connectivity index (χ3v) is 3.49. The number of fused-ring (bicyclic) bond motifs is 1. The number of nitrogens with zero attached hydrogens (tertiary/aromatic N) is 2. The molecule has 3 N–H and O–H groups in total. The van der Waals surface area contributed by atoms with Crippen molar-refractivity contribution in [3.8, 4) is 0 Å². The minimum Gasteiger partial charge on any atom is -0.383 e. The molecule has 21 heavy (non-hydrogen) atoms. The molecule has 2 aromatic rings. The van der Waals surface area contributed by atoms with Gasteiger partial charge in [-0.25, -0.2) is 4.99 Å². The van der Waals surface area contributed by atoms with E-state index in [1.807, 2.05) is 38.4 Å². The molecule has 1 aliphatic rings. The fourth-order valence-corrected chi connectivity index (χ4v) is 2.33. The Morgan fingerprint density at radius 1 is 1.05 bits per heavy atom. The number of aliphatic imine (C=N–C) groups is 1. The summed E-state index contributed by atoms with van der Waals surface area (Å²) in [6, 6.07) is 16.3. The molecule has 1 unspecified atom stereocenters. The van der Waals surface area contributed by atoms with E-state index in [0.717, 1.165) is 16.8 Å². The molecular weight excluding hydrogens is 284 g/mol. The highest BCUT2D eigenvalue weighted by atomic mass is 35.5.